The average Bonchev–Trinajstić information content (AvgIpc) is 3.08. The molecule has 1 heterocycles. The van der Waals surface area contributed by atoms with Crippen LogP contribution in [-0.4, -0.2) is 23.9 Å². The third kappa shape index (κ3) is 4.51. The summed E-state index contributed by atoms with van der Waals surface area (Å²) >= 11 is 12.3. The zero-order valence-corrected chi connectivity index (χ0v) is 20.7. The average molecular weight is 514 g/mol. The summed E-state index contributed by atoms with van der Waals surface area (Å²) in [6.07, 6.45) is 0. The molecule has 1 fully saturated rings. The lowest BCUT2D eigenvalue weighted by atomic mass is 9.93. The predicted octanol–water partition coefficient (Wildman–Crippen LogP) is 6.89. The van der Waals surface area contributed by atoms with Crippen molar-refractivity contribution in [2.24, 2.45) is 0 Å². The van der Waals surface area contributed by atoms with E-state index in [4.69, 9.17) is 27.9 Å². The fraction of sp³-hybridized carbons (Fsp3) is 0.185. The summed E-state index contributed by atoms with van der Waals surface area (Å²) in [4.78, 5) is 27.6. The Morgan fingerprint density at radius 1 is 1.03 bits per heavy atom. The second kappa shape index (κ2) is 9.72. The minimum Gasteiger partial charge on any atom is -0.507 e. The lowest BCUT2D eigenvalue weighted by Gasteiger charge is -2.26. The predicted molar refractivity (Wildman–Crippen MR) is 135 cm³/mol. The number of carbonyl (C=O) groups excluding carboxylic acids is 2. The first kappa shape index (κ1) is 24.8. The molecule has 4 rings (SSSR count). The number of aliphatic hydroxyl groups excluding tert-OH is 1. The number of nitrogens with zero attached hydrogens (tertiary/aromatic N) is 1. The summed E-state index contributed by atoms with van der Waals surface area (Å²) in [5, 5.41) is 11.8. The number of ether oxygens (including phenoxy) is 1. The van der Waals surface area contributed by atoms with Crippen LogP contribution in [0.5, 0.6) is 5.75 Å². The molecule has 1 amide bonds. The van der Waals surface area contributed by atoms with Crippen LogP contribution in [-0.2, 0) is 9.59 Å². The molecule has 1 unspecified atom stereocenters. The van der Waals surface area contributed by atoms with Gasteiger partial charge in [-0.25, -0.2) is 4.39 Å². The molecule has 35 heavy (non-hydrogen) atoms. The van der Waals surface area contributed by atoms with Gasteiger partial charge in [-0.05, 0) is 53.9 Å². The molecule has 0 spiro atoms. The molecule has 0 saturated carbocycles. The summed E-state index contributed by atoms with van der Waals surface area (Å²) in [5.41, 5.74) is 1.11. The first-order chi connectivity index (χ1) is 16.6. The maximum atomic E-state index is 15.0. The number of aliphatic hydroxyl groups is 1. The summed E-state index contributed by atoms with van der Waals surface area (Å²) in [5.74, 6) is -2.27. The first-order valence-electron chi connectivity index (χ1n) is 10.8. The van der Waals surface area contributed by atoms with Crippen LogP contribution in [0.15, 0.2) is 66.2 Å². The number of halogens is 3. The Labute approximate surface area is 212 Å². The van der Waals surface area contributed by atoms with Crippen LogP contribution in [0.25, 0.3) is 5.76 Å². The molecule has 1 atom stereocenters. The fourth-order valence-electron chi connectivity index (χ4n) is 4.26. The molecule has 1 aliphatic rings. The van der Waals surface area contributed by atoms with Gasteiger partial charge in [0.1, 0.15) is 17.3 Å². The van der Waals surface area contributed by atoms with Gasteiger partial charge >= 0.3 is 0 Å². The summed E-state index contributed by atoms with van der Waals surface area (Å²) in [6.45, 7) is 3.92. The van der Waals surface area contributed by atoms with E-state index in [9.17, 15) is 14.7 Å². The van der Waals surface area contributed by atoms with Crippen LogP contribution in [0, 0.1) is 5.82 Å². The quantitative estimate of drug-likeness (QED) is 0.229. The largest absolute Gasteiger partial charge is 0.507 e. The summed E-state index contributed by atoms with van der Waals surface area (Å²) < 4.78 is 20.4. The van der Waals surface area contributed by atoms with Crippen LogP contribution in [0.2, 0.25) is 10.0 Å². The second-order valence-corrected chi connectivity index (χ2v) is 9.30. The van der Waals surface area contributed by atoms with Gasteiger partial charge in [0.25, 0.3) is 11.7 Å². The van der Waals surface area contributed by atoms with E-state index in [-0.39, 0.29) is 32.8 Å². The molecule has 3 aromatic carbocycles. The van der Waals surface area contributed by atoms with Gasteiger partial charge in [0.15, 0.2) is 0 Å². The number of ketones is 1. The summed E-state index contributed by atoms with van der Waals surface area (Å²) in [6, 6.07) is 13.9. The van der Waals surface area contributed by atoms with E-state index in [1.165, 1.54) is 36.4 Å². The van der Waals surface area contributed by atoms with Crippen LogP contribution in [0.4, 0.5) is 10.1 Å². The number of anilines is 1. The van der Waals surface area contributed by atoms with Crippen molar-refractivity contribution in [3.05, 3.63) is 98.8 Å². The number of carbonyl (C=O) groups is 2. The lowest BCUT2D eigenvalue weighted by Crippen LogP contribution is -2.29. The van der Waals surface area contributed by atoms with Crippen LogP contribution in [0.1, 0.15) is 42.5 Å². The minimum atomic E-state index is -1.24. The number of Topliss-reactive ketones (excluding diaryl/α,β-unsaturated/α-hetero) is 1. The topological polar surface area (TPSA) is 66.8 Å². The van der Waals surface area contributed by atoms with Gasteiger partial charge in [-0.3, -0.25) is 14.5 Å². The molecule has 3 aromatic rings. The number of hydrogen-bond acceptors (Lipinski definition) is 4. The van der Waals surface area contributed by atoms with Crippen LogP contribution in [0.3, 0.4) is 0 Å². The van der Waals surface area contributed by atoms with Crippen LogP contribution >= 0.6 is 23.2 Å². The first-order valence-corrected chi connectivity index (χ1v) is 11.6. The highest BCUT2D eigenvalue weighted by molar-refractivity contribution is 6.52. The molecule has 0 aliphatic carbocycles. The Bertz CT molecular complexity index is 1350. The Morgan fingerprint density at radius 2 is 1.69 bits per heavy atom. The van der Waals surface area contributed by atoms with Gasteiger partial charge in [-0.2, -0.15) is 0 Å². The Kier molecular flexibility index (Phi) is 6.88. The molecule has 5 nitrogen and oxygen atoms in total. The number of amides is 1. The maximum Gasteiger partial charge on any atom is 0.300 e. The minimum absolute atomic E-state index is 0.0435. The highest BCUT2D eigenvalue weighted by Gasteiger charge is 2.48. The van der Waals surface area contributed by atoms with Gasteiger partial charge in [0.05, 0.1) is 18.7 Å². The van der Waals surface area contributed by atoms with E-state index in [0.717, 1.165) is 10.5 Å². The standard InChI is InChI=1S/C27H22Cl2FNO4/c1-14(2)20-10-15(8-9-22(20)35-3)25(32)23-24(19-6-4-5-7-21(19)30)31(27(34)26(23)33)18-12-16(28)11-17(29)13-18/h4-14,24,32H,1-3H3/b25-23+. The molecule has 0 aromatic heterocycles. The molecule has 0 bridgehead atoms. The van der Waals surface area contributed by atoms with Gasteiger partial charge in [0, 0.05) is 26.9 Å². The zero-order chi connectivity index (χ0) is 25.4. The van der Waals surface area contributed by atoms with Crippen molar-refractivity contribution >= 4 is 46.3 Å². The Morgan fingerprint density at radius 3 is 2.29 bits per heavy atom. The van der Waals surface area contributed by atoms with Crippen molar-refractivity contribution in [3.63, 3.8) is 0 Å². The van der Waals surface area contributed by atoms with Gasteiger partial charge in [-0.1, -0.05) is 55.2 Å². The van der Waals surface area contributed by atoms with E-state index in [1.54, 1.807) is 31.4 Å². The number of hydrogen-bond donors (Lipinski definition) is 1. The molecule has 8 heteroatoms. The molecular weight excluding hydrogens is 492 g/mol. The van der Waals surface area contributed by atoms with Gasteiger partial charge in [-0.15, -0.1) is 0 Å². The number of methoxy groups -OCH3 is 1. The Hall–Kier alpha value is -3.35. The van der Waals surface area contributed by atoms with Crippen molar-refractivity contribution in [1.82, 2.24) is 0 Å². The molecule has 1 saturated heterocycles. The molecule has 1 aliphatic heterocycles. The Balaban J connectivity index is 1.99. The van der Waals surface area contributed by atoms with Crippen molar-refractivity contribution in [2.45, 2.75) is 25.8 Å². The van der Waals surface area contributed by atoms with Gasteiger partial charge < -0.3 is 9.84 Å². The molecule has 1 N–H and O–H groups in total. The fourth-order valence-corrected chi connectivity index (χ4v) is 4.77. The second-order valence-electron chi connectivity index (χ2n) is 8.43. The van der Waals surface area contributed by atoms with E-state index < -0.39 is 29.3 Å². The SMILES string of the molecule is COc1ccc(/C(O)=C2\C(=O)C(=O)N(c3cc(Cl)cc(Cl)c3)C2c2ccccc2F)cc1C(C)C. The zero-order valence-electron chi connectivity index (χ0n) is 19.2. The van der Waals surface area contributed by atoms with Crippen LogP contribution < -0.4 is 9.64 Å². The normalized spacial score (nSPS) is 17.3. The highest BCUT2D eigenvalue weighted by atomic mass is 35.5. The van der Waals surface area contributed by atoms with Gasteiger partial charge in [0.2, 0.25) is 0 Å². The van der Waals surface area contributed by atoms with E-state index >= 15 is 4.39 Å². The smallest absolute Gasteiger partial charge is 0.300 e. The lowest BCUT2D eigenvalue weighted by molar-refractivity contribution is -0.132. The maximum absolute atomic E-state index is 15.0. The third-order valence-corrected chi connectivity index (χ3v) is 6.33. The number of rotatable bonds is 5. The molecular formula is C27H22Cl2FNO4. The number of benzene rings is 3. The van der Waals surface area contributed by atoms with Crippen molar-refractivity contribution < 1.29 is 23.8 Å². The van der Waals surface area contributed by atoms with Crippen molar-refractivity contribution in [3.8, 4) is 5.75 Å². The van der Waals surface area contributed by atoms with E-state index in [1.807, 2.05) is 13.8 Å². The molecule has 180 valence electrons. The summed E-state index contributed by atoms with van der Waals surface area (Å²) in [7, 11) is 1.54. The van der Waals surface area contributed by atoms with Crippen molar-refractivity contribution in [1.29, 1.82) is 0 Å². The molecule has 0 radical (unpaired) electrons. The monoisotopic (exact) mass is 513 g/mol. The van der Waals surface area contributed by atoms with Crippen molar-refractivity contribution in [2.75, 3.05) is 12.0 Å². The van der Waals surface area contributed by atoms with E-state index in [2.05, 4.69) is 0 Å². The highest BCUT2D eigenvalue weighted by Crippen LogP contribution is 2.44. The third-order valence-electron chi connectivity index (χ3n) is 5.89. The van der Waals surface area contributed by atoms with E-state index in [0.29, 0.717) is 11.3 Å².